The van der Waals surface area contributed by atoms with E-state index in [4.69, 9.17) is 0 Å². The van der Waals surface area contributed by atoms with Gasteiger partial charge in [-0.05, 0) is 24.0 Å². The van der Waals surface area contributed by atoms with E-state index in [2.05, 4.69) is 24.3 Å². The highest BCUT2D eigenvalue weighted by Crippen LogP contribution is 2.29. The number of fused-ring (bicyclic) bond motifs is 1. The molecule has 0 N–H and O–H groups in total. The minimum Gasteiger partial charge on any atom is -0.0767 e. The van der Waals surface area contributed by atoms with Crippen molar-refractivity contribution in [2.45, 2.75) is 26.7 Å². The van der Waals surface area contributed by atoms with Crippen LogP contribution >= 0.6 is 0 Å². The van der Waals surface area contributed by atoms with Gasteiger partial charge in [0.2, 0.25) is 0 Å². The molecule has 10 heavy (non-hydrogen) atoms. The van der Waals surface area contributed by atoms with E-state index >= 15 is 0 Å². The zero-order valence-electron chi connectivity index (χ0n) is 6.72. The van der Waals surface area contributed by atoms with Crippen molar-refractivity contribution < 1.29 is 0 Å². The number of allylic oxidation sites excluding steroid dienone is 6. The molecule has 0 heterocycles. The van der Waals surface area contributed by atoms with Gasteiger partial charge in [0.25, 0.3) is 0 Å². The quantitative estimate of drug-likeness (QED) is 0.477. The maximum Gasteiger partial charge on any atom is -0.0238 e. The van der Waals surface area contributed by atoms with Crippen LogP contribution in [0.2, 0.25) is 0 Å². The van der Waals surface area contributed by atoms with Gasteiger partial charge in [-0.15, -0.1) is 0 Å². The lowest BCUT2D eigenvalue weighted by atomic mass is 10.2. The minimum absolute atomic E-state index is 1.26. The molecule has 0 atom stereocenters. The summed E-state index contributed by atoms with van der Waals surface area (Å²) in [5.41, 5.74) is 3.00. The van der Waals surface area contributed by atoms with E-state index in [1.54, 1.807) is 0 Å². The summed E-state index contributed by atoms with van der Waals surface area (Å²) in [5.74, 6) is 0. The van der Waals surface area contributed by atoms with Crippen molar-refractivity contribution in [3.05, 3.63) is 35.5 Å². The summed E-state index contributed by atoms with van der Waals surface area (Å²) in [7, 11) is 0. The van der Waals surface area contributed by atoms with E-state index in [0.717, 1.165) is 0 Å². The summed E-state index contributed by atoms with van der Waals surface area (Å²) in [5, 5.41) is 0. The summed E-state index contributed by atoms with van der Waals surface area (Å²) in [6.07, 6.45) is 11.3. The first kappa shape index (κ1) is 7.33. The molecule has 0 heteroatoms. The predicted molar refractivity (Wildman–Crippen MR) is 45.9 cm³/mol. The molecule has 0 aliphatic heterocycles. The Morgan fingerprint density at radius 3 is 2.80 bits per heavy atom. The van der Waals surface area contributed by atoms with E-state index < -0.39 is 0 Å². The third-order valence-corrected chi connectivity index (χ3v) is 1.72. The molecule has 0 aromatic carbocycles. The Bertz CT molecular complexity index is 192. The van der Waals surface area contributed by atoms with Crippen LogP contribution in [0.25, 0.3) is 0 Å². The largest absolute Gasteiger partial charge is 0.0767 e. The molecule has 0 saturated carbocycles. The van der Waals surface area contributed by atoms with Crippen molar-refractivity contribution in [1.82, 2.24) is 0 Å². The van der Waals surface area contributed by atoms with Gasteiger partial charge in [0.05, 0.1) is 0 Å². The summed E-state index contributed by atoms with van der Waals surface area (Å²) in [6.45, 7) is 4.00. The number of hydrogen-bond donors (Lipinski definition) is 0. The van der Waals surface area contributed by atoms with E-state index in [9.17, 15) is 0 Å². The summed E-state index contributed by atoms with van der Waals surface area (Å²) in [6, 6.07) is 0. The van der Waals surface area contributed by atoms with Gasteiger partial charge in [-0.1, -0.05) is 38.2 Å². The third kappa shape index (κ3) is 1.21. The fourth-order valence-corrected chi connectivity index (χ4v) is 1.28. The molecule has 0 spiro atoms. The van der Waals surface area contributed by atoms with E-state index in [1.165, 1.54) is 24.0 Å². The summed E-state index contributed by atoms with van der Waals surface area (Å²) < 4.78 is 0. The Labute approximate surface area is 62.9 Å². The first-order valence-electron chi connectivity index (χ1n) is 4.04. The average Bonchev–Trinajstić information content (AvgIpc) is 2.49. The average molecular weight is 134 g/mol. The van der Waals surface area contributed by atoms with Gasteiger partial charge in [0.15, 0.2) is 0 Å². The first-order valence-corrected chi connectivity index (χ1v) is 4.04. The maximum atomic E-state index is 2.30. The van der Waals surface area contributed by atoms with Gasteiger partial charge in [-0.2, -0.15) is 0 Å². The van der Waals surface area contributed by atoms with Gasteiger partial charge in [-0.3, -0.25) is 0 Å². The highest BCUT2D eigenvalue weighted by atomic mass is 14.1. The van der Waals surface area contributed by atoms with Crippen LogP contribution in [-0.4, -0.2) is 0 Å². The number of hydrogen-bond acceptors (Lipinski definition) is 0. The monoisotopic (exact) mass is 134 g/mol. The summed E-state index contributed by atoms with van der Waals surface area (Å²) in [4.78, 5) is 0. The first-order chi connectivity index (χ1) is 4.97. The Morgan fingerprint density at radius 2 is 2.10 bits per heavy atom. The molecule has 0 radical (unpaired) electrons. The molecule has 0 bridgehead atoms. The molecule has 2 rings (SSSR count). The lowest BCUT2D eigenvalue weighted by molar-refractivity contribution is 1.06. The van der Waals surface area contributed by atoms with Crippen molar-refractivity contribution in [2.75, 3.05) is 0 Å². The topological polar surface area (TPSA) is 0 Å². The smallest absolute Gasteiger partial charge is 0.0238 e. The van der Waals surface area contributed by atoms with Gasteiger partial charge in [0.1, 0.15) is 0 Å². The summed E-state index contributed by atoms with van der Waals surface area (Å²) >= 11 is 0. The van der Waals surface area contributed by atoms with Crippen LogP contribution in [-0.2, 0) is 0 Å². The molecular weight excluding hydrogens is 120 g/mol. The minimum atomic E-state index is 1.26. The van der Waals surface area contributed by atoms with Crippen LogP contribution in [0.1, 0.15) is 26.7 Å². The van der Waals surface area contributed by atoms with Gasteiger partial charge in [0, 0.05) is 0 Å². The SMILES string of the molecule is C1=CC2=CCCC2=C1.CC. The van der Waals surface area contributed by atoms with Crippen molar-refractivity contribution in [1.29, 1.82) is 0 Å². The molecule has 2 aliphatic carbocycles. The van der Waals surface area contributed by atoms with Crippen molar-refractivity contribution in [3.8, 4) is 0 Å². The molecule has 54 valence electrons. The normalized spacial score (nSPS) is 19.0. The highest BCUT2D eigenvalue weighted by molar-refractivity contribution is 5.50. The highest BCUT2D eigenvalue weighted by Gasteiger charge is 2.09. The molecule has 0 aromatic heterocycles. The zero-order chi connectivity index (χ0) is 7.40. The van der Waals surface area contributed by atoms with Crippen LogP contribution in [0.15, 0.2) is 35.5 Å². The van der Waals surface area contributed by atoms with Crippen LogP contribution in [0.5, 0.6) is 0 Å². The Balaban J connectivity index is 0.000000231. The van der Waals surface area contributed by atoms with E-state index in [-0.39, 0.29) is 0 Å². The second-order valence-electron chi connectivity index (χ2n) is 2.25. The molecule has 0 fully saturated rings. The second-order valence-corrected chi connectivity index (χ2v) is 2.25. The van der Waals surface area contributed by atoms with Crippen molar-refractivity contribution >= 4 is 0 Å². The third-order valence-electron chi connectivity index (χ3n) is 1.72. The van der Waals surface area contributed by atoms with Gasteiger partial charge >= 0.3 is 0 Å². The zero-order valence-corrected chi connectivity index (χ0v) is 6.72. The van der Waals surface area contributed by atoms with Gasteiger partial charge in [-0.25, -0.2) is 0 Å². The molecule has 2 aliphatic rings. The molecule has 0 aromatic rings. The van der Waals surface area contributed by atoms with Crippen LogP contribution in [0, 0.1) is 0 Å². The predicted octanol–water partition coefficient (Wildman–Crippen LogP) is 3.23. The molecular formula is C10H14. The fraction of sp³-hybridized carbons (Fsp3) is 0.400. The lowest BCUT2D eigenvalue weighted by Gasteiger charge is -1.88. The Morgan fingerprint density at radius 1 is 1.30 bits per heavy atom. The van der Waals surface area contributed by atoms with Crippen LogP contribution in [0.3, 0.4) is 0 Å². The molecule has 0 nitrogen and oxygen atoms in total. The maximum absolute atomic E-state index is 2.30. The number of rotatable bonds is 0. The lowest BCUT2D eigenvalue weighted by Crippen LogP contribution is -1.69. The van der Waals surface area contributed by atoms with Crippen molar-refractivity contribution in [3.63, 3.8) is 0 Å². The molecule has 0 unspecified atom stereocenters. The standard InChI is InChI=1S/C8H8.C2H6/c1-3-7-5-2-6-8(7)4-1;1-2/h1,3-5H,2,6H2;1-2H3. The Hall–Kier alpha value is -0.780. The Kier molecular flexibility index (Phi) is 2.49. The van der Waals surface area contributed by atoms with Crippen molar-refractivity contribution in [2.24, 2.45) is 0 Å². The van der Waals surface area contributed by atoms with Crippen LogP contribution in [0.4, 0.5) is 0 Å². The van der Waals surface area contributed by atoms with Crippen LogP contribution < -0.4 is 0 Å². The molecule has 0 amide bonds. The second kappa shape index (κ2) is 3.40. The fourth-order valence-electron chi connectivity index (χ4n) is 1.28. The van der Waals surface area contributed by atoms with E-state index in [1.807, 2.05) is 13.8 Å². The van der Waals surface area contributed by atoms with Gasteiger partial charge < -0.3 is 0 Å². The van der Waals surface area contributed by atoms with E-state index in [0.29, 0.717) is 0 Å². The molecule has 0 saturated heterocycles.